The number of hydrogen-bond donors (Lipinski definition) is 1. The van der Waals surface area contributed by atoms with Crippen LogP contribution in [0.25, 0.3) is 0 Å². The van der Waals surface area contributed by atoms with E-state index >= 15 is 0 Å². The van der Waals surface area contributed by atoms with Gasteiger partial charge in [0.05, 0.1) is 0 Å². The van der Waals surface area contributed by atoms with Crippen LogP contribution in [0.1, 0.15) is 61.6 Å². The van der Waals surface area contributed by atoms with Crippen LogP contribution in [-0.4, -0.2) is 29.1 Å². The van der Waals surface area contributed by atoms with E-state index in [1.807, 2.05) is 12.1 Å². The summed E-state index contributed by atoms with van der Waals surface area (Å²) < 4.78 is 0. The Morgan fingerprint density at radius 3 is 2.15 bits per heavy atom. The molecule has 0 radical (unpaired) electrons. The van der Waals surface area contributed by atoms with Crippen LogP contribution in [0.2, 0.25) is 0 Å². The van der Waals surface area contributed by atoms with Crippen molar-refractivity contribution in [3.05, 3.63) is 35.4 Å². The largest absolute Gasteiger partial charge is 0.480 e. The topological polar surface area (TPSA) is 40.5 Å². The Bertz CT molecular complexity index is 456. The second-order valence-electron chi connectivity index (χ2n) is 6.13. The van der Waals surface area contributed by atoms with Crippen molar-refractivity contribution in [2.45, 2.75) is 50.5 Å². The Kier molecular flexibility index (Phi) is 4.06. The molecule has 1 heterocycles. The molecule has 1 aliphatic heterocycles. The highest BCUT2D eigenvalue weighted by atomic mass is 16.4. The summed E-state index contributed by atoms with van der Waals surface area (Å²) in [7, 11) is 0. The van der Waals surface area contributed by atoms with Crippen LogP contribution in [0.5, 0.6) is 0 Å². The zero-order chi connectivity index (χ0) is 13.9. The number of likely N-dealkylation sites (tertiary alicyclic amines) is 1. The monoisotopic (exact) mass is 273 g/mol. The van der Waals surface area contributed by atoms with Gasteiger partial charge < -0.3 is 5.11 Å². The van der Waals surface area contributed by atoms with E-state index in [0.717, 1.165) is 37.4 Å². The number of hydrogen-bond acceptors (Lipinski definition) is 2. The van der Waals surface area contributed by atoms with Crippen LogP contribution < -0.4 is 0 Å². The summed E-state index contributed by atoms with van der Waals surface area (Å²) in [5.74, 6) is 0.0107. The molecule has 1 atom stereocenters. The molecule has 108 valence electrons. The molecule has 3 nitrogen and oxygen atoms in total. The van der Waals surface area contributed by atoms with Crippen molar-refractivity contribution in [3.63, 3.8) is 0 Å². The minimum atomic E-state index is -0.717. The minimum Gasteiger partial charge on any atom is -0.480 e. The molecule has 0 bridgehead atoms. The highest BCUT2D eigenvalue weighted by molar-refractivity contribution is 5.75. The van der Waals surface area contributed by atoms with E-state index in [2.05, 4.69) is 17.0 Å². The van der Waals surface area contributed by atoms with Crippen LogP contribution in [-0.2, 0) is 4.79 Å². The molecule has 2 fully saturated rings. The van der Waals surface area contributed by atoms with Crippen molar-refractivity contribution in [3.8, 4) is 0 Å². The number of benzene rings is 1. The smallest absolute Gasteiger partial charge is 0.325 e. The van der Waals surface area contributed by atoms with E-state index in [1.165, 1.54) is 31.2 Å². The molecule has 0 amide bonds. The molecular weight excluding hydrogens is 250 g/mol. The molecular formula is C17H23NO2. The van der Waals surface area contributed by atoms with E-state index in [0.29, 0.717) is 0 Å². The summed E-state index contributed by atoms with van der Waals surface area (Å²) in [6, 6.07) is 7.83. The zero-order valence-electron chi connectivity index (χ0n) is 11.9. The number of carboxylic acids is 1. The van der Waals surface area contributed by atoms with Gasteiger partial charge in [0.15, 0.2) is 0 Å². The lowest BCUT2D eigenvalue weighted by molar-refractivity contribution is -0.143. The second-order valence-corrected chi connectivity index (χ2v) is 6.13. The fourth-order valence-corrected chi connectivity index (χ4v) is 3.23. The Labute approximate surface area is 120 Å². The average Bonchev–Trinajstić information content (AvgIpc) is 3.27. The Balaban J connectivity index is 1.79. The van der Waals surface area contributed by atoms with E-state index in [-0.39, 0.29) is 0 Å². The van der Waals surface area contributed by atoms with Crippen molar-refractivity contribution < 1.29 is 9.90 Å². The van der Waals surface area contributed by atoms with Crippen molar-refractivity contribution in [1.82, 2.24) is 4.90 Å². The van der Waals surface area contributed by atoms with Gasteiger partial charge in [-0.25, -0.2) is 0 Å². The summed E-state index contributed by atoms with van der Waals surface area (Å²) in [6.45, 7) is 1.81. The lowest BCUT2D eigenvalue weighted by atomic mass is 10.0. The number of rotatable bonds is 4. The van der Waals surface area contributed by atoms with Gasteiger partial charge in [-0.05, 0) is 55.8 Å². The maximum Gasteiger partial charge on any atom is 0.325 e. The zero-order valence-corrected chi connectivity index (χ0v) is 11.9. The fraction of sp³-hybridized carbons (Fsp3) is 0.588. The Morgan fingerprint density at radius 2 is 1.65 bits per heavy atom. The van der Waals surface area contributed by atoms with Gasteiger partial charge in [-0.2, -0.15) is 0 Å². The maximum atomic E-state index is 11.7. The average molecular weight is 273 g/mol. The quantitative estimate of drug-likeness (QED) is 0.911. The first-order valence-electron chi connectivity index (χ1n) is 7.82. The van der Waals surface area contributed by atoms with E-state index in [4.69, 9.17) is 0 Å². The molecule has 1 N–H and O–H groups in total. The van der Waals surface area contributed by atoms with Crippen LogP contribution in [0.15, 0.2) is 24.3 Å². The summed E-state index contributed by atoms with van der Waals surface area (Å²) >= 11 is 0. The molecule has 1 unspecified atom stereocenters. The molecule has 3 heteroatoms. The van der Waals surface area contributed by atoms with Crippen molar-refractivity contribution in [2.75, 3.05) is 13.1 Å². The third-order valence-corrected chi connectivity index (χ3v) is 4.54. The normalized spacial score (nSPS) is 22.2. The lowest BCUT2D eigenvalue weighted by Gasteiger charge is -2.27. The van der Waals surface area contributed by atoms with Gasteiger partial charge in [0.1, 0.15) is 6.04 Å². The van der Waals surface area contributed by atoms with Crippen LogP contribution >= 0.6 is 0 Å². The van der Waals surface area contributed by atoms with Gasteiger partial charge in [-0.3, -0.25) is 9.69 Å². The standard InChI is InChI=1S/C17H23NO2/c19-17(20)16(18-11-3-1-2-4-12-18)15-9-7-14(8-10-15)13-5-6-13/h7-10,13,16H,1-6,11-12H2,(H,19,20). The SMILES string of the molecule is O=C(O)C(c1ccc(C2CC2)cc1)N1CCCCCC1. The molecule has 1 aliphatic carbocycles. The summed E-state index contributed by atoms with van der Waals surface area (Å²) in [6.07, 6.45) is 7.25. The van der Waals surface area contributed by atoms with E-state index in [9.17, 15) is 9.90 Å². The second kappa shape index (κ2) is 5.96. The van der Waals surface area contributed by atoms with Crippen molar-refractivity contribution in [1.29, 1.82) is 0 Å². The first-order chi connectivity index (χ1) is 9.75. The highest BCUT2D eigenvalue weighted by Crippen LogP contribution is 2.40. The molecule has 0 aromatic heterocycles. The molecule has 0 spiro atoms. The number of carboxylic acid groups (broad SMARTS) is 1. The number of nitrogens with zero attached hydrogens (tertiary/aromatic N) is 1. The van der Waals surface area contributed by atoms with Crippen LogP contribution in [0.3, 0.4) is 0 Å². The Hall–Kier alpha value is -1.35. The van der Waals surface area contributed by atoms with E-state index < -0.39 is 12.0 Å². The maximum absolute atomic E-state index is 11.7. The van der Waals surface area contributed by atoms with Gasteiger partial charge in [0.2, 0.25) is 0 Å². The lowest BCUT2D eigenvalue weighted by Crippen LogP contribution is -2.34. The molecule has 1 aromatic rings. The third kappa shape index (κ3) is 3.04. The first-order valence-corrected chi connectivity index (χ1v) is 7.82. The fourth-order valence-electron chi connectivity index (χ4n) is 3.23. The third-order valence-electron chi connectivity index (χ3n) is 4.54. The van der Waals surface area contributed by atoms with Gasteiger partial charge in [-0.15, -0.1) is 0 Å². The number of carbonyl (C=O) groups is 1. The molecule has 1 saturated carbocycles. The minimum absolute atomic E-state index is 0.471. The van der Waals surface area contributed by atoms with Crippen LogP contribution in [0.4, 0.5) is 0 Å². The molecule has 2 aliphatic rings. The van der Waals surface area contributed by atoms with Gasteiger partial charge in [-0.1, -0.05) is 37.1 Å². The summed E-state index contributed by atoms with van der Waals surface area (Å²) in [5, 5.41) is 9.62. The number of aliphatic carboxylic acids is 1. The molecule has 1 saturated heterocycles. The molecule has 3 rings (SSSR count). The van der Waals surface area contributed by atoms with Crippen molar-refractivity contribution in [2.24, 2.45) is 0 Å². The summed E-state index contributed by atoms with van der Waals surface area (Å²) in [4.78, 5) is 13.8. The molecule has 20 heavy (non-hydrogen) atoms. The van der Waals surface area contributed by atoms with Gasteiger partial charge in [0, 0.05) is 0 Å². The molecule has 1 aromatic carbocycles. The van der Waals surface area contributed by atoms with E-state index in [1.54, 1.807) is 0 Å². The highest BCUT2D eigenvalue weighted by Gasteiger charge is 2.29. The van der Waals surface area contributed by atoms with Crippen molar-refractivity contribution >= 4 is 5.97 Å². The summed E-state index contributed by atoms with van der Waals surface area (Å²) in [5.41, 5.74) is 2.30. The van der Waals surface area contributed by atoms with Crippen LogP contribution in [0, 0.1) is 0 Å². The van der Waals surface area contributed by atoms with Gasteiger partial charge >= 0.3 is 5.97 Å². The Morgan fingerprint density at radius 1 is 1.05 bits per heavy atom. The predicted octanol–water partition coefficient (Wildman–Crippen LogP) is 3.57. The first kappa shape index (κ1) is 13.6. The van der Waals surface area contributed by atoms with Gasteiger partial charge in [0.25, 0.3) is 0 Å². The predicted molar refractivity (Wildman–Crippen MR) is 78.8 cm³/mol.